The average Bonchev–Trinajstić information content (AvgIpc) is 2.40. The molecular weight excluding hydrogens is 312 g/mol. The number of rotatable bonds is 4. The van der Waals surface area contributed by atoms with Crippen LogP contribution in [-0.4, -0.2) is 6.61 Å². The van der Waals surface area contributed by atoms with Crippen molar-refractivity contribution in [1.29, 1.82) is 0 Å². The van der Waals surface area contributed by atoms with Crippen LogP contribution in [0.1, 0.15) is 67.8 Å². The third-order valence-electron chi connectivity index (χ3n) is 4.33. The zero-order chi connectivity index (χ0) is 14.4. The van der Waals surface area contributed by atoms with Crippen molar-refractivity contribution in [2.24, 2.45) is 5.92 Å². The average molecular weight is 339 g/mol. The highest BCUT2D eigenvalue weighted by Gasteiger charge is 2.24. The maximum atomic E-state index is 5.83. The Labute approximate surface area is 132 Å². The highest BCUT2D eigenvalue weighted by molar-refractivity contribution is 9.09. The van der Waals surface area contributed by atoms with Gasteiger partial charge in [-0.2, -0.15) is 0 Å². The molecule has 2 rings (SSSR count). The van der Waals surface area contributed by atoms with Gasteiger partial charge in [0.1, 0.15) is 5.75 Å². The molecule has 0 spiro atoms. The zero-order valence-electron chi connectivity index (χ0n) is 12.8. The number of aryl methyl sites for hydroxylation is 1. The summed E-state index contributed by atoms with van der Waals surface area (Å²) in [4.78, 5) is 0.432. The zero-order valence-corrected chi connectivity index (χ0v) is 14.4. The van der Waals surface area contributed by atoms with E-state index >= 15 is 0 Å². The van der Waals surface area contributed by atoms with Gasteiger partial charge >= 0.3 is 0 Å². The van der Waals surface area contributed by atoms with Gasteiger partial charge in [0.05, 0.1) is 6.61 Å². The fourth-order valence-corrected chi connectivity index (χ4v) is 4.09. The van der Waals surface area contributed by atoms with Gasteiger partial charge in [-0.3, -0.25) is 0 Å². The topological polar surface area (TPSA) is 9.23 Å². The summed E-state index contributed by atoms with van der Waals surface area (Å²) in [6.45, 7) is 4.96. The molecule has 0 bridgehead atoms. The van der Waals surface area contributed by atoms with E-state index < -0.39 is 0 Å². The van der Waals surface area contributed by atoms with Gasteiger partial charge in [0.2, 0.25) is 0 Å². The summed E-state index contributed by atoms with van der Waals surface area (Å²) < 4.78 is 5.83. The Bertz CT molecular complexity index is 408. The first-order chi connectivity index (χ1) is 9.72. The predicted octanol–water partition coefficient (Wildman–Crippen LogP) is 6.19. The molecule has 1 nitrogen and oxygen atoms in total. The number of benzene rings is 1. The van der Waals surface area contributed by atoms with Crippen molar-refractivity contribution in [3.05, 3.63) is 29.3 Å². The summed E-state index contributed by atoms with van der Waals surface area (Å²) in [5.41, 5.74) is 2.66. The third-order valence-corrected chi connectivity index (χ3v) is 5.57. The lowest BCUT2D eigenvalue weighted by atomic mass is 9.86. The van der Waals surface area contributed by atoms with E-state index in [-0.39, 0.29) is 0 Å². The first kappa shape index (κ1) is 15.9. The Morgan fingerprint density at radius 3 is 2.45 bits per heavy atom. The van der Waals surface area contributed by atoms with E-state index in [2.05, 4.69) is 48.0 Å². The number of alkyl halides is 1. The molecule has 2 heteroatoms. The first-order valence-corrected chi connectivity index (χ1v) is 9.01. The molecule has 1 atom stereocenters. The van der Waals surface area contributed by atoms with Crippen molar-refractivity contribution in [3.8, 4) is 5.75 Å². The molecule has 1 saturated carbocycles. The van der Waals surface area contributed by atoms with Gasteiger partial charge in [0.15, 0.2) is 0 Å². The normalized spacial score (nSPS) is 19.1. The van der Waals surface area contributed by atoms with E-state index in [1.807, 2.05) is 0 Å². The van der Waals surface area contributed by atoms with Crippen molar-refractivity contribution >= 4 is 15.9 Å². The summed E-state index contributed by atoms with van der Waals surface area (Å²) in [6.07, 6.45) is 9.68. The minimum atomic E-state index is 0.432. The molecule has 0 radical (unpaired) electrons. The Hall–Kier alpha value is -0.500. The Kier molecular flexibility index (Phi) is 6.41. The molecule has 0 aliphatic heterocycles. The molecule has 1 aliphatic carbocycles. The summed E-state index contributed by atoms with van der Waals surface area (Å²) >= 11 is 3.98. The summed E-state index contributed by atoms with van der Waals surface area (Å²) in [5, 5.41) is 0. The number of hydrogen-bond acceptors (Lipinski definition) is 1. The largest absolute Gasteiger partial charge is 0.494 e. The SMILES string of the molecule is CCOc1ccc(C)cc1C(Br)C1CCCCCCC1. The van der Waals surface area contributed by atoms with Crippen LogP contribution in [-0.2, 0) is 0 Å². The van der Waals surface area contributed by atoms with Crippen LogP contribution in [0.4, 0.5) is 0 Å². The fraction of sp³-hybridized carbons (Fsp3) is 0.667. The minimum Gasteiger partial charge on any atom is -0.494 e. The molecule has 0 heterocycles. The lowest BCUT2D eigenvalue weighted by Gasteiger charge is -2.26. The second-order valence-electron chi connectivity index (χ2n) is 5.98. The molecule has 0 amide bonds. The van der Waals surface area contributed by atoms with Crippen molar-refractivity contribution in [1.82, 2.24) is 0 Å². The molecule has 1 aromatic carbocycles. The van der Waals surface area contributed by atoms with Gasteiger partial charge < -0.3 is 4.74 Å². The molecule has 1 aromatic rings. The molecule has 1 unspecified atom stereocenters. The molecule has 0 N–H and O–H groups in total. The molecule has 1 fully saturated rings. The van der Waals surface area contributed by atoms with E-state index in [4.69, 9.17) is 4.74 Å². The van der Waals surface area contributed by atoms with Gasteiger partial charge in [-0.15, -0.1) is 0 Å². The van der Waals surface area contributed by atoms with Gasteiger partial charge in [-0.05, 0) is 38.7 Å². The molecule has 1 aliphatic rings. The Morgan fingerprint density at radius 1 is 1.15 bits per heavy atom. The molecule has 0 aromatic heterocycles. The second-order valence-corrected chi connectivity index (χ2v) is 6.97. The summed E-state index contributed by atoms with van der Waals surface area (Å²) in [5.74, 6) is 1.80. The maximum absolute atomic E-state index is 5.83. The predicted molar refractivity (Wildman–Crippen MR) is 89.8 cm³/mol. The standard InChI is InChI=1S/C18H27BrO/c1-3-20-17-12-11-14(2)13-16(17)18(19)15-9-7-5-4-6-8-10-15/h11-13,15,18H,3-10H2,1-2H3. The Balaban J connectivity index is 2.17. The van der Waals surface area contributed by atoms with Crippen LogP contribution in [0.2, 0.25) is 0 Å². The smallest absolute Gasteiger partial charge is 0.123 e. The van der Waals surface area contributed by atoms with Gasteiger partial charge in [0, 0.05) is 10.4 Å². The van der Waals surface area contributed by atoms with E-state index in [1.165, 1.54) is 56.1 Å². The maximum Gasteiger partial charge on any atom is 0.123 e. The number of ether oxygens (including phenoxy) is 1. The quantitative estimate of drug-likeness (QED) is 0.594. The fourth-order valence-electron chi connectivity index (χ4n) is 3.20. The van der Waals surface area contributed by atoms with E-state index in [0.717, 1.165) is 18.3 Å². The van der Waals surface area contributed by atoms with E-state index in [9.17, 15) is 0 Å². The summed E-state index contributed by atoms with van der Waals surface area (Å²) in [6, 6.07) is 6.57. The summed E-state index contributed by atoms with van der Waals surface area (Å²) in [7, 11) is 0. The minimum absolute atomic E-state index is 0.432. The number of hydrogen-bond donors (Lipinski definition) is 0. The lowest BCUT2D eigenvalue weighted by Crippen LogP contribution is -2.11. The van der Waals surface area contributed by atoms with Gasteiger partial charge in [-0.1, -0.05) is 65.7 Å². The van der Waals surface area contributed by atoms with Crippen LogP contribution in [0.3, 0.4) is 0 Å². The monoisotopic (exact) mass is 338 g/mol. The van der Waals surface area contributed by atoms with Crippen LogP contribution >= 0.6 is 15.9 Å². The van der Waals surface area contributed by atoms with E-state index in [0.29, 0.717) is 4.83 Å². The van der Waals surface area contributed by atoms with Crippen LogP contribution in [0.15, 0.2) is 18.2 Å². The van der Waals surface area contributed by atoms with Gasteiger partial charge in [-0.25, -0.2) is 0 Å². The molecule has 112 valence electrons. The second kappa shape index (κ2) is 8.07. The Morgan fingerprint density at radius 2 is 1.80 bits per heavy atom. The van der Waals surface area contributed by atoms with E-state index in [1.54, 1.807) is 0 Å². The highest BCUT2D eigenvalue weighted by Crippen LogP contribution is 2.42. The molecule has 20 heavy (non-hydrogen) atoms. The van der Waals surface area contributed by atoms with Crippen molar-refractivity contribution in [3.63, 3.8) is 0 Å². The van der Waals surface area contributed by atoms with Crippen molar-refractivity contribution in [2.45, 2.75) is 63.6 Å². The van der Waals surface area contributed by atoms with Crippen molar-refractivity contribution in [2.75, 3.05) is 6.61 Å². The van der Waals surface area contributed by atoms with Crippen LogP contribution < -0.4 is 4.74 Å². The van der Waals surface area contributed by atoms with Crippen LogP contribution in [0.5, 0.6) is 5.75 Å². The molecule has 0 saturated heterocycles. The first-order valence-electron chi connectivity index (χ1n) is 8.09. The number of halogens is 1. The van der Waals surface area contributed by atoms with Gasteiger partial charge in [0.25, 0.3) is 0 Å². The van der Waals surface area contributed by atoms with Crippen LogP contribution in [0.25, 0.3) is 0 Å². The highest BCUT2D eigenvalue weighted by atomic mass is 79.9. The third kappa shape index (κ3) is 4.25. The van der Waals surface area contributed by atoms with Crippen LogP contribution in [0, 0.1) is 12.8 Å². The molecular formula is C18H27BrO. The van der Waals surface area contributed by atoms with Crippen molar-refractivity contribution < 1.29 is 4.74 Å². The lowest BCUT2D eigenvalue weighted by molar-refractivity contribution is 0.327.